The van der Waals surface area contributed by atoms with E-state index in [1.807, 2.05) is 0 Å². The third kappa shape index (κ3) is 4.78. The van der Waals surface area contributed by atoms with Crippen molar-refractivity contribution in [2.24, 2.45) is 0 Å². The molecule has 0 fully saturated rings. The highest BCUT2D eigenvalue weighted by Gasteiger charge is 2.25. The van der Waals surface area contributed by atoms with Crippen LogP contribution in [0.1, 0.15) is 17.5 Å². The molecule has 1 aromatic carbocycles. The van der Waals surface area contributed by atoms with Crippen LogP contribution in [0.25, 0.3) is 0 Å². The first-order valence-electron chi connectivity index (χ1n) is 8.10. The Bertz CT molecular complexity index is 690. The van der Waals surface area contributed by atoms with Gasteiger partial charge in [-0.15, -0.1) is 0 Å². The maximum atomic E-state index is 12.3. The predicted molar refractivity (Wildman–Crippen MR) is 95.1 cm³/mol. The SMILES string of the molecule is CN(CC1Cc2ccccc2CN1C)C(=O)CCN(C)S(C)(=O)=O. The summed E-state index contributed by atoms with van der Waals surface area (Å²) in [6.07, 6.45) is 2.27. The van der Waals surface area contributed by atoms with Crippen molar-refractivity contribution in [3.8, 4) is 0 Å². The highest BCUT2D eigenvalue weighted by Crippen LogP contribution is 2.22. The summed E-state index contributed by atoms with van der Waals surface area (Å²) < 4.78 is 24.0. The minimum atomic E-state index is -3.24. The number of amides is 1. The third-order valence-corrected chi connectivity index (χ3v) is 6.05. The summed E-state index contributed by atoms with van der Waals surface area (Å²) in [5, 5.41) is 0. The van der Waals surface area contributed by atoms with Crippen molar-refractivity contribution < 1.29 is 13.2 Å². The fourth-order valence-corrected chi connectivity index (χ4v) is 3.37. The van der Waals surface area contributed by atoms with Crippen molar-refractivity contribution in [3.63, 3.8) is 0 Å². The first kappa shape index (κ1) is 18.9. The topological polar surface area (TPSA) is 60.9 Å². The summed E-state index contributed by atoms with van der Waals surface area (Å²) in [5.41, 5.74) is 2.69. The van der Waals surface area contributed by atoms with Gasteiger partial charge in [-0.3, -0.25) is 9.69 Å². The van der Waals surface area contributed by atoms with Gasteiger partial charge in [0.05, 0.1) is 6.26 Å². The number of hydrogen-bond donors (Lipinski definition) is 0. The van der Waals surface area contributed by atoms with Crippen LogP contribution in [-0.2, 0) is 27.8 Å². The quantitative estimate of drug-likeness (QED) is 0.758. The molecule has 1 unspecified atom stereocenters. The van der Waals surface area contributed by atoms with Gasteiger partial charge < -0.3 is 4.90 Å². The van der Waals surface area contributed by atoms with Crippen molar-refractivity contribution in [2.45, 2.75) is 25.4 Å². The summed E-state index contributed by atoms with van der Waals surface area (Å²) in [6, 6.07) is 8.69. The van der Waals surface area contributed by atoms with Crippen molar-refractivity contribution >= 4 is 15.9 Å². The zero-order valence-electron chi connectivity index (χ0n) is 14.9. The molecule has 0 spiro atoms. The lowest BCUT2D eigenvalue weighted by atomic mass is 9.94. The standard InChI is InChI=1S/C17H27N3O3S/c1-18-12-15-8-6-5-7-14(15)11-16(18)13-19(2)17(21)9-10-20(3)24(4,22)23/h5-8,16H,9-13H2,1-4H3. The van der Waals surface area contributed by atoms with Crippen molar-refractivity contribution in [1.29, 1.82) is 0 Å². The predicted octanol–water partition coefficient (Wildman–Crippen LogP) is 0.783. The van der Waals surface area contributed by atoms with Gasteiger partial charge in [-0.05, 0) is 24.6 Å². The molecule has 134 valence electrons. The van der Waals surface area contributed by atoms with Crippen LogP contribution in [0.15, 0.2) is 24.3 Å². The molecule has 0 aliphatic carbocycles. The van der Waals surface area contributed by atoms with Gasteiger partial charge in [0.25, 0.3) is 0 Å². The Morgan fingerprint density at radius 1 is 1.25 bits per heavy atom. The maximum Gasteiger partial charge on any atom is 0.223 e. The lowest BCUT2D eigenvalue weighted by molar-refractivity contribution is -0.130. The largest absolute Gasteiger partial charge is 0.344 e. The van der Waals surface area contributed by atoms with E-state index in [-0.39, 0.29) is 24.9 Å². The maximum absolute atomic E-state index is 12.3. The lowest BCUT2D eigenvalue weighted by Crippen LogP contribution is -2.46. The second kappa shape index (κ2) is 7.63. The lowest BCUT2D eigenvalue weighted by Gasteiger charge is -2.36. The van der Waals surface area contributed by atoms with E-state index < -0.39 is 10.0 Å². The van der Waals surface area contributed by atoms with Crippen LogP contribution < -0.4 is 0 Å². The van der Waals surface area contributed by atoms with E-state index in [2.05, 4.69) is 36.2 Å². The number of benzene rings is 1. The van der Waals surface area contributed by atoms with E-state index >= 15 is 0 Å². The number of fused-ring (bicyclic) bond motifs is 1. The minimum Gasteiger partial charge on any atom is -0.344 e. The third-order valence-electron chi connectivity index (χ3n) is 4.73. The second-order valence-corrected chi connectivity index (χ2v) is 8.74. The Labute approximate surface area is 145 Å². The van der Waals surface area contributed by atoms with Crippen LogP contribution >= 0.6 is 0 Å². The van der Waals surface area contributed by atoms with Gasteiger partial charge in [0.15, 0.2) is 0 Å². The highest BCUT2D eigenvalue weighted by atomic mass is 32.2. The Balaban J connectivity index is 1.90. The smallest absolute Gasteiger partial charge is 0.223 e. The van der Waals surface area contributed by atoms with Gasteiger partial charge in [-0.25, -0.2) is 12.7 Å². The molecular weight excluding hydrogens is 326 g/mol. The molecule has 0 bridgehead atoms. The van der Waals surface area contributed by atoms with Crippen molar-refractivity contribution in [2.75, 3.05) is 40.5 Å². The molecule has 0 saturated heterocycles. The first-order valence-corrected chi connectivity index (χ1v) is 9.95. The average molecular weight is 353 g/mol. The molecule has 1 aromatic rings. The molecule has 1 heterocycles. The van der Waals surface area contributed by atoms with E-state index in [9.17, 15) is 13.2 Å². The zero-order chi connectivity index (χ0) is 17.9. The van der Waals surface area contributed by atoms with Gasteiger partial charge in [-0.1, -0.05) is 24.3 Å². The Kier molecular flexibility index (Phi) is 6.01. The molecule has 0 saturated carbocycles. The molecule has 24 heavy (non-hydrogen) atoms. The molecule has 7 heteroatoms. The molecule has 1 amide bonds. The van der Waals surface area contributed by atoms with Crippen LogP contribution in [0.2, 0.25) is 0 Å². The Morgan fingerprint density at radius 3 is 2.50 bits per heavy atom. The van der Waals surface area contributed by atoms with Crippen LogP contribution in [0.3, 0.4) is 0 Å². The number of carbonyl (C=O) groups excluding carboxylic acids is 1. The van der Waals surface area contributed by atoms with E-state index in [1.54, 1.807) is 11.9 Å². The number of sulfonamides is 1. The molecule has 1 aliphatic heterocycles. The van der Waals surface area contributed by atoms with E-state index in [0.717, 1.165) is 19.2 Å². The average Bonchev–Trinajstić information content (AvgIpc) is 2.51. The number of hydrogen-bond acceptors (Lipinski definition) is 4. The summed E-state index contributed by atoms with van der Waals surface area (Å²) >= 11 is 0. The fourth-order valence-electron chi connectivity index (χ4n) is 2.95. The molecule has 0 radical (unpaired) electrons. The van der Waals surface area contributed by atoms with Gasteiger partial charge in [-0.2, -0.15) is 0 Å². The van der Waals surface area contributed by atoms with Gasteiger partial charge >= 0.3 is 0 Å². The minimum absolute atomic E-state index is 0.0299. The highest BCUT2D eigenvalue weighted by molar-refractivity contribution is 7.88. The summed E-state index contributed by atoms with van der Waals surface area (Å²) in [5.74, 6) is -0.0299. The van der Waals surface area contributed by atoms with E-state index in [4.69, 9.17) is 0 Å². The summed E-state index contributed by atoms with van der Waals surface area (Å²) in [4.78, 5) is 16.3. The number of carbonyl (C=O) groups is 1. The van der Waals surface area contributed by atoms with Crippen LogP contribution in [0.5, 0.6) is 0 Å². The second-order valence-electron chi connectivity index (χ2n) is 6.65. The molecular formula is C17H27N3O3S. The van der Waals surface area contributed by atoms with Gasteiger partial charge in [0.2, 0.25) is 15.9 Å². The van der Waals surface area contributed by atoms with Crippen LogP contribution in [0.4, 0.5) is 0 Å². The number of nitrogens with zero attached hydrogens (tertiary/aromatic N) is 3. The summed E-state index contributed by atoms with van der Waals surface area (Å²) in [6.45, 7) is 1.75. The van der Waals surface area contributed by atoms with Gasteiger partial charge in [0.1, 0.15) is 0 Å². The monoisotopic (exact) mass is 353 g/mol. The normalized spacial score (nSPS) is 18.5. The molecule has 6 nitrogen and oxygen atoms in total. The van der Waals surface area contributed by atoms with Gasteiger partial charge in [0, 0.05) is 46.2 Å². The molecule has 0 N–H and O–H groups in total. The molecule has 1 aliphatic rings. The molecule has 0 aromatic heterocycles. The van der Waals surface area contributed by atoms with Crippen LogP contribution in [0, 0.1) is 0 Å². The Morgan fingerprint density at radius 2 is 1.88 bits per heavy atom. The summed E-state index contributed by atoms with van der Waals surface area (Å²) in [7, 11) is 2.12. The molecule has 1 atom stereocenters. The Hall–Kier alpha value is -1.44. The molecule has 2 rings (SSSR count). The van der Waals surface area contributed by atoms with Crippen molar-refractivity contribution in [1.82, 2.24) is 14.1 Å². The first-order chi connectivity index (χ1) is 11.2. The number of rotatable bonds is 6. The van der Waals surface area contributed by atoms with E-state index in [0.29, 0.717) is 6.54 Å². The number of likely N-dealkylation sites (N-methyl/N-ethyl adjacent to an activating group) is 2. The van der Waals surface area contributed by atoms with E-state index in [1.165, 1.54) is 22.5 Å². The fraction of sp³-hybridized carbons (Fsp3) is 0.588. The van der Waals surface area contributed by atoms with Crippen LogP contribution in [-0.4, -0.2) is 75.0 Å². The van der Waals surface area contributed by atoms with Crippen molar-refractivity contribution in [3.05, 3.63) is 35.4 Å². The zero-order valence-corrected chi connectivity index (χ0v) is 15.7.